The molecule has 1 aromatic heterocycles. The summed E-state index contributed by atoms with van der Waals surface area (Å²) < 4.78 is 18.8. The van der Waals surface area contributed by atoms with Crippen LogP contribution in [-0.4, -0.2) is 18.4 Å². The van der Waals surface area contributed by atoms with E-state index < -0.39 is 11.9 Å². The summed E-state index contributed by atoms with van der Waals surface area (Å²) in [5.41, 5.74) is 7.20. The van der Waals surface area contributed by atoms with Crippen molar-refractivity contribution in [2.45, 2.75) is 13.0 Å². The summed E-state index contributed by atoms with van der Waals surface area (Å²) in [7, 11) is 0. The van der Waals surface area contributed by atoms with Gasteiger partial charge in [0, 0.05) is 4.88 Å². The molecule has 28 heavy (non-hydrogen) atoms. The third kappa shape index (κ3) is 4.75. The number of halogens is 1. The number of hydrogen-bond acceptors (Lipinski definition) is 4. The van der Waals surface area contributed by atoms with E-state index in [9.17, 15) is 14.0 Å². The Morgan fingerprint density at radius 2 is 1.93 bits per heavy atom. The first-order valence-electron chi connectivity index (χ1n) is 8.55. The van der Waals surface area contributed by atoms with Crippen molar-refractivity contribution in [1.82, 2.24) is 5.32 Å². The Balaban J connectivity index is 1.74. The highest BCUT2D eigenvalue weighted by Gasteiger charge is 2.19. The van der Waals surface area contributed by atoms with Gasteiger partial charge in [-0.1, -0.05) is 24.3 Å². The van der Waals surface area contributed by atoms with E-state index in [-0.39, 0.29) is 29.6 Å². The van der Waals surface area contributed by atoms with Crippen molar-refractivity contribution in [2.75, 3.05) is 6.61 Å². The number of nitrogens with one attached hydrogen (secondary N) is 1. The standard InChI is InChI=1S/C21H19FN2O3S/c1-13-4-9-16(21(23)26)17(11-13)27-12-19(25)24-20(18-3-2-10-28-18)14-5-7-15(22)8-6-14/h2-11,20H,12H2,1H3,(H2,23,26)(H,24,25). The van der Waals surface area contributed by atoms with Crippen molar-refractivity contribution in [1.29, 1.82) is 0 Å². The number of hydrogen-bond donors (Lipinski definition) is 2. The van der Waals surface area contributed by atoms with Crippen LogP contribution < -0.4 is 15.8 Å². The molecule has 0 aliphatic carbocycles. The first kappa shape index (κ1) is 19.6. The molecule has 2 amide bonds. The molecule has 0 saturated carbocycles. The van der Waals surface area contributed by atoms with Crippen molar-refractivity contribution in [3.05, 3.63) is 87.4 Å². The fourth-order valence-electron chi connectivity index (χ4n) is 2.73. The third-order valence-corrected chi connectivity index (χ3v) is 5.03. The molecule has 0 bridgehead atoms. The summed E-state index contributed by atoms with van der Waals surface area (Å²) in [6, 6.07) is 14.3. The highest BCUT2D eigenvalue weighted by molar-refractivity contribution is 7.10. The van der Waals surface area contributed by atoms with E-state index in [4.69, 9.17) is 10.5 Å². The highest BCUT2D eigenvalue weighted by atomic mass is 32.1. The molecule has 1 atom stereocenters. The van der Waals surface area contributed by atoms with Gasteiger partial charge in [0.15, 0.2) is 6.61 Å². The van der Waals surface area contributed by atoms with Gasteiger partial charge >= 0.3 is 0 Å². The van der Waals surface area contributed by atoms with Gasteiger partial charge in [0.2, 0.25) is 0 Å². The van der Waals surface area contributed by atoms with Crippen molar-refractivity contribution < 1.29 is 18.7 Å². The number of carbonyl (C=O) groups is 2. The zero-order chi connectivity index (χ0) is 20.1. The maximum atomic E-state index is 13.3. The van der Waals surface area contributed by atoms with Gasteiger partial charge in [-0.05, 0) is 53.8 Å². The molecule has 1 heterocycles. The van der Waals surface area contributed by atoms with Gasteiger partial charge in [-0.2, -0.15) is 0 Å². The Morgan fingerprint density at radius 3 is 2.57 bits per heavy atom. The van der Waals surface area contributed by atoms with Crippen molar-refractivity contribution >= 4 is 23.2 Å². The van der Waals surface area contributed by atoms with Gasteiger partial charge in [-0.15, -0.1) is 11.3 Å². The number of carbonyl (C=O) groups excluding carboxylic acids is 2. The van der Waals surface area contributed by atoms with Crippen LogP contribution in [0.1, 0.15) is 32.4 Å². The van der Waals surface area contributed by atoms with E-state index in [2.05, 4.69) is 5.32 Å². The monoisotopic (exact) mass is 398 g/mol. The minimum absolute atomic E-state index is 0.215. The van der Waals surface area contributed by atoms with E-state index in [0.29, 0.717) is 0 Å². The maximum absolute atomic E-state index is 13.3. The minimum Gasteiger partial charge on any atom is -0.483 e. The molecule has 0 aliphatic rings. The van der Waals surface area contributed by atoms with Crippen LogP contribution in [-0.2, 0) is 4.79 Å². The number of rotatable bonds is 7. The predicted molar refractivity (Wildman–Crippen MR) is 106 cm³/mol. The van der Waals surface area contributed by atoms with E-state index >= 15 is 0 Å². The summed E-state index contributed by atoms with van der Waals surface area (Å²) >= 11 is 1.48. The van der Waals surface area contributed by atoms with Crippen molar-refractivity contribution in [3.8, 4) is 5.75 Å². The molecular formula is C21H19FN2O3S. The Bertz CT molecular complexity index is 972. The quantitative estimate of drug-likeness (QED) is 0.638. The lowest BCUT2D eigenvalue weighted by atomic mass is 10.1. The summed E-state index contributed by atoms with van der Waals surface area (Å²) in [5, 5.41) is 4.80. The number of primary amides is 1. The molecule has 0 fully saturated rings. The van der Waals surface area contributed by atoms with Crippen molar-refractivity contribution in [3.63, 3.8) is 0 Å². The van der Waals surface area contributed by atoms with Gasteiger partial charge in [-0.25, -0.2) is 4.39 Å². The van der Waals surface area contributed by atoms with Crippen LogP contribution in [0.4, 0.5) is 4.39 Å². The summed E-state index contributed by atoms with van der Waals surface area (Å²) in [6.45, 7) is 1.56. The Labute approximate surface area is 166 Å². The summed E-state index contributed by atoms with van der Waals surface area (Å²) in [4.78, 5) is 25.0. The van der Waals surface area contributed by atoms with Crippen LogP contribution in [0.3, 0.4) is 0 Å². The van der Waals surface area contributed by atoms with E-state index in [0.717, 1.165) is 16.0 Å². The molecule has 3 N–H and O–H groups in total. The lowest BCUT2D eigenvalue weighted by Gasteiger charge is -2.19. The zero-order valence-electron chi connectivity index (χ0n) is 15.1. The van der Waals surface area contributed by atoms with Gasteiger partial charge in [0.25, 0.3) is 11.8 Å². The van der Waals surface area contributed by atoms with Gasteiger partial charge in [0.05, 0.1) is 11.6 Å². The Morgan fingerprint density at radius 1 is 1.18 bits per heavy atom. The minimum atomic E-state index is -0.627. The maximum Gasteiger partial charge on any atom is 0.258 e. The average molecular weight is 398 g/mol. The van der Waals surface area contributed by atoms with Gasteiger partial charge in [-0.3, -0.25) is 9.59 Å². The number of nitrogens with two attached hydrogens (primary N) is 1. The molecule has 5 nitrogen and oxygen atoms in total. The van der Waals surface area contributed by atoms with Crippen LogP contribution in [0.15, 0.2) is 60.0 Å². The second-order valence-corrected chi connectivity index (χ2v) is 7.20. The molecule has 0 radical (unpaired) electrons. The molecule has 0 saturated heterocycles. The summed E-state index contributed by atoms with van der Waals surface area (Å²) in [6.07, 6.45) is 0. The van der Waals surface area contributed by atoms with Crippen LogP contribution in [0.25, 0.3) is 0 Å². The number of benzene rings is 2. The molecule has 7 heteroatoms. The molecule has 144 valence electrons. The van der Waals surface area contributed by atoms with Crippen molar-refractivity contribution in [2.24, 2.45) is 5.73 Å². The first-order valence-corrected chi connectivity index (χ1v) is 9.43. The van der Waals surface area contributed by atoms with Gasteiger partial charge < -0.3 is 15.8 Å². The Kier molecular flexibility index (Phi) is 6.06. The molecular weight excluding hydrogens is 379 g/mol. The highest BCUT2D eigenvalue weighted by Crippen LogP contribution is 2.26. The second-order valence-electron chi connectivity index (χ2n) is 6.22. The number of aryl methyl sites for hydroxylation is 1. The Hall–Kier alpha value is -3.19. The van der Waals surface area contributed by atoms with E-state index in [1.54, 1.807) is 30.3 Å². The molecule has 1 unspecified atom stereocenters. The zero-order valence-corrected chi connectivity index (χ0v) is 16.0. The summed E-state index contributed by atoms with van der Waals surface area (Å²) in [5.74, 6) is -1.09. The normalized spacial score (nSPS) is 11.6. The van der Waals surface area contributed by atoms with Crippen LogP contribution in [0, 0.1) is 12.7 Å². The fraction of sp³-hybridized carbons (Fsp3) is 0.143. The van der Waals surface area contributed by atoms with Crippen LogP contribution in [0.2, 0.25) is 0 Å². The lowest BCUT2D eigenvalue weighted by Crippen LogP contribution is -2.33. The number of thiophene rings is 1. The van der Waals surface area contributed by atoms with E-state index in [1.807, 2.05) is 24.4 Å². The molecule has 2 aromatic carbocycles. The lowest BCUT2D eigenvalue weighted by molar-refractivity contribution is -0.123. The van der Waals surface area contributed by atoms with E-state index in [1.165, 1.54) is 23.5 Å². The molecule has 0 aliphatic heterocycles. The predicted octanol–water partition coefficient (Wildman–Crippen LogP) is 3.58. The number of ether oxygens (including phenoxy) is 1. The first-order chi connectivity index (χ1) is 13.4. The van der Waals surface area contributed by atoms with Crippen LogP contribution in [0.5, 0.6) is 5.75 Å². The topological polar surface area (TPSA) is 81.4 Å². The average Bonchev–Trinajstić information content (AvgIpc) is 3.19. The fourth-order valence-corrected chi connectivity index (χ4v) is 3.53. The second kappa shape index (κ2) is 8.67. The SMILES string of the molecule is Cc1ccc(C(N)=O)c(OCC(=O)NC(c2ccc(F)cc2)c2cccs2)c1. The van der Waals surface area contributed by atoms with Gasteiger partial charge in [0.1, 0.15) is 11.6 Å². The third-order valence-electron chi connectivity index (χ3n) is 4.10. The molecule has 3 rings (SSSR count). The smallest absolute Gasteiger partial charge is 0.258 e. The molecule has 0 spiro atoms. The molecule has 3 aromatic rings. The number of amides is 2. The van der Waals surface area contributed by atoms with Crippen LogP contribution >= 0.6 is 11.3 Å². The largest absolute Gasteiger partial charge is 0.483 e.